The van der Waals surface area contributed by atoms with Crippen molar-refractivity contribution in [2.24, 2.45) is 5.92 Å². The molecule has 0 spiro atoms. The summed E-state index contributed by atoms with van der Waals surface area (Å²) in [7, 11) is 0. The maximum Gasteiger partial charge on any atom is 0.241 e. The second-order valence-corrected chi connectivity index (χ2v) is 9.72. The Labute approximate surface area is 204 Å². The molecule has 6 nitrogen and oxygen atoms in total. The van der Waals surface area contributed by atoms with Crippen LogP contribution in [0.1, 0.15) is 24.3 Å². The van der Waals surface area contributed by atoms with Crippen LogP contribution in [0.2, 0.25) is 10.0 Å². The van der Waals surface area contributed by atoms with Crippen molar-refractivity contribution in [3.63, 3.8) is 0 Å². The number of amides is 1. The number of benzene rings is 2. The van der Waals surface area contributed by atoms with Crippen molar-refractivity contribution in [1.82, 2.24) is 15.0 Å². The molecule has 2 aromatic carbocycles. The highest BCUT2D eigenvalue weighted by molar-refractivity contribution is 14.1. The van der Waals surface area contributed by atoms with Gasteiger partial charge in [0.25, 0.3) is 0 Å². The average molecular weight is 571 g/mol. The molecule has 9 heteroatoms. The Hall–Kier alpha value is -1.68. The fraction of sp³-hybridized carbons (Fsp3) is 0.318. The van der Waals surface area contributed by atoms with Gasteiger partial charge in [-0.3, -0.25) is 9.69 Å². The van der Waals surface area contributed by atoms with Gasteiger partial charge in [0, 0.05) is 25.8 Å². The highest BCUT2D eigenvalue weighted by Crippen LogP contribution is 2.29. The molecule has 0 radical (unpaired) electrons. The fourth-order valence-corrected chi connectivity index (χ4v) is 4.79. The minimum Gasteiger partial charge on any atom is -0.338 e. The van der Waals surface area contributed by atoms with E-state index in [1.165, 1.54) is 0 Å². The van der Waals surface area contributed by atoms with E-state index < -0.39 is 0 Å². The number of carbonyl (C=O) groups is 1. The topological polar surface area (TPSA) is 71.3 Å². The summed E-state index contributed by atoms with van der Waals surface area (Å²) in [4.78, 5) is 19.4. The number of anilines is 1. The van der Waals surface area contributed by atoms with Crippen LogP contribution in [0.4, 0.5) is 5.69 Å². The summed E-state index contributed by atoms with van der Waals surface area (Å²) >= 11 is 14.4. The SMILES string of the molecule is Cc1cc(I)ccc1NC(=O)C1CCN(Cc2nc(-c3ccc(Cl)cc3Cl)no2)CC1. The van der Waals surface area contributed by atoms with Crippen LogP contribution in [0.15, 0.2) is 40.9 Å². The number of rotatable bonds is 5. The lowest BCUT2D eigenvalue weighted by molar-refractivity contribution is -0.121. The molecule has 1 fully saturated rings. The predicted octanol–water partition coefficient (Wildman–Crippen LogP) is 5.81. The molecule has 1 aromatic heterocycles. The molecule has 1 aliphatic heterocycles. The first-order chi connectivity index (χ1) is 14.9. The van der Waals surface area contributed by atoms with Crippen LogP contribution in [0, 0.1) is 16.4 Å². The molecule has 1 amide bonds. The molecule has 1 aliphatic rings. The van der Waals surface area contributed by atoms with Crippen LogP contribution >= 0.6 is 45.8 Å². The van der Waals surface area contributed by atoms with E-state index in [1.807, 2.05) is 19.1 Å². The number of hydrogen-bond donors (Lipinski definition) is 1. The van der Waals surface area contributed by atoms with E-state index in [1.54, 1.807) is 18.2 Å². The van der Waals surface area contributed by atoms with Crippen LogP contribution in [0.5, 0.6) is 0 Å². The zero-order valence-corrected chi connectivity index (χ0v) is 20.5. The van der Waals surface area contributed by atoms with E-state index in [4.69, 9.17) is 27.7 Å². The van der Waals surface area contributed by atoms with E-state index in [2.05, 4.69) is 49.0 Å². The fourth-order valence-electron chi connectivity index (χ4n) is 3.65. The third-order valence-corrected chi connectivity index (χ3v) is 6.62. The van der Waals surface area contributed by atoms with Gasteiger partial charge >= 0.3 is 0 Å². The molecule has 31 heavy (non-hydrogen) atoms. The molecule has 0 atom stereocenters. The Kier molecular flexibility index (Phi) is 7.15. The van der Waals surface area contributed by atoms with Crippen molar-refractivity contribution in [1.29, 1.82) is 0 Å². The molecular formula is C22H21Cl2IN4O2. The van der Waals surface area contributed by atoms with E-state index in [-0.39, 0.29) is 11.8 Å². The molecule has 3 aromatic rings. The number of piperidine rings is 1. The zero-order chi connectivity index (χ0) is 22.0. The minimum absolute atomic E-state index is 0.000970. The standard InChI is InChI=1S/C22H21Cl2IN4O2/c1-13-10-16(25)3-5-19(13)26-22(30)14-6-8-29(9-7-14)12-20-27-21(28-31-20)17-4-2-15(23)11-18(17)24/h2-5,10-11,14H,6-9,12H2,1H3,(H,26,30). The molecule has 1 N–H and O–H groups in total. The van der Waals surface area contributed by atoms with E-state index in [9.17, 15) is 4.79 Å². The van der Waals surface area contributed by atoms with Crippen LogP contribution in [-0.2, 0) is 11.3 Å². The highest BCUT2D eigenvalue weighted by atomic mass is 127. The van der Waals surface area contributed by atoms with Crippen molar-refractivity contribution in [3.8, 4) is 11.4 Å². The van der Waals surface area contributed by atoms with Crippen LogP contribution in [0.25, 0.3) is 11.4 Å². The summed E-state index contributed by atoms with van der Waals surface area (Å²) < 4.78 is 6.57. The second kappa shape index (κ2) is 9.85. The lowest BCUT2D eigenvalue weighted by Gasteiger charge is -2.30. The number of nitrogens with one attached hydrogen (secondary N) is 1. The van der Waals surface area contributed by atoms with Crippen molar-refractivity contribution in [3.05, 3.63) is 61.5 Å². The molecule has 0 saturated carbocycles. The predicted molar refractivity (Wildman–Crippen MR) is 130 cm³/mol. The molecule has 0 aliphatic carbocycles. The molecule has 2 heterocycles. The Morgan fingerprint density at radius 3 is 2.71 bits per heavy atom. The van der Waals surface area contributed by atoms with E-state index in [0.717, 1.165) is 40.8 Å². The normalized spacial score (nSPS) is 15.2. The Morgan fingerprint density at radius 1 is 1.23 bits per heavy atom. The second-order valence-electron chi connectivity index (χ2n) is 7.63. The number of halogens is 3. The summed E-state index contributed by atoms with van der Waals surface area (Å²) in [6.07, 6.45) is 1.58. The maximum absolute atomic E-state index is 12.7. The summed E-state index contributed by atoms with van der Waals surface area (Å²) in [6, 6.07) is 11.2. The summed E-state index contributed by atoms with van der Waals surface area (Å²) in [5, 5.41) is 8.16. The molecule has 4 rings (SSSR count). The zero-order valence-electron chi connectivity index (χ0n) is 16.9. The number of carbonyl (C=O) groups excluding carboxylic acids is 1. The van der Waals surface area contributed by atoms with Gasteiger partial charge in [0.1, 0.15) is 0 Å². The molecule has 0 bridgehead atoms. The molecular weight excluding hydrogens is 550 g/mol. The van der Waals surface area contributed by atoms with Gasteiger partial charge in [0.15, 0.2) is 0 Å². The number of aryl methyl sites for hydroxylation is 1. The first kappa shape index (κ1) is 22.5. The lowest BCUT2D eigenvalue weighted by atomic mass is 9.95. The van der Waals surface area contributed by atoms with Gasteiger partial charge in [-0.1, -0.05) is 28.4 Å². The first-order valence-electron chi connectivity index (χ1n) is 9.96. The van der Waals surface area contributed by atoms with Crippen molar-refractivity contribution >= 4 is 57.4 Å². The third-order valence-electron chi connectivity index (χ3n) is 5.40. The lowest BCUT2D eigenvalue weighted by Crippen LogP contribution is -2.37. The maximum atomic E-state index is 12.7. The minimum atomic E-state index is 0.000970. The van der Waals surface area contributed by atoms with Crippen LogP contribution < -0.4 is 5.32 Å². The monoisotopic (exact) mass is 570 g/mol. The van der Waals surface area contributed by atoms with E-state index in [0.29, 0.717) is 33.9 Å². The quantitative estimate of drug-likeness (QED) is 0.392. The van der Waals surface area contributed by atoms with Crippen LogP contribution in [0.3, 0.4) is 0 Å². The first-order valence-corrected chi connectivity index (χ1v) is 11.8. The summed E-state index contributed by atoms with van der Waals surface area (Å²) in [5.74, 6) is 1.06. The van der Waals surface area contributed by atoms with Gasteiger partial charge in [-0.15, -0.1) is 0 Å². The van der Waals surface area contributed by atoms with Gasteiger partial charge in [-0.05, 0) is 97.4 Å². The van der Waals surface area contributed by atoms with Crippen molar-refractivity contribution < 1.29 is 9.32 Å². The largest absolute Gasteiger partial charge is 0.338 e. The Balaban J connectivity index is 1.31. The van der Waals surface area contributed by atoms with Gasteiger partial charge in [0.05, 0.1) is 11.6 Å². The van der Waals surface area contributed by atoms with Gasteiger partial charge in [-0.2, -0.15) is 4.98 Å². The van der Waals surface area contributed by atoms with Gasteiger partial charge in [0.2, 0.25) is 17.6 Å². The number of nitrogens with zero attached hydrogens (tertiary/aromatic N) is 3. The number of likely N-dealkylation sites (tertiary alicyclic amines) is 1. The Bertz CT molecular complexity index is 1100. The summed E-state index contributed by atoms with van der Waals surface area (Å²) in [6.45, 7) is 4.14. The Morgan fingerprint density at radius 2 is 2.00 bits per heavy atom. The van der Waals surface area contributed by atoms with Crippen molar-refractivity contribution in [2.45, 2.75) is 26.3 Å². The smallest absolute Gasteiger partial charge is 0.241 e. The molecule has 1 saturated heterocycles. The number of aromatic nitrogens is 2. The highest BCUT2D eigenvalue weighted by Gasteiger charge is 2.26. The summed E-state index contributed by atoms with van der Waals surface area (Å²) in [5.41, 5.74) is 2.64. The van der Waals surface area contributed by atoms with Crippen molar-refractivity contribution in [2.75, 3.05) is 18.4 Å². The van der Waals surface area contributed by atoms with Gasteiger partial charge in [-0.25, -0.2) is 0 Å². The van der Waals surface area contributed by atoms with E-state index >= 15 is 0 Å². The number of hydrogen-bond acceptors (Lipinski definition) is 5. The average Bonchev–Trinajstić information content (AvgIpc) is 3.18. The molecule has 0 unspecified atom stereocenters. The van der Waals surface area contributed by atoms with Crippen LogP contribution in [-0.4, -0.2) is 34.0 Å². The third kappa shape index (κ3) is 5.58. The molecule has 162 valence electrons. The van der Waals surface area contributed by atoms with Gasteiger partial charge < -0.3 is 9.84 Å².